The lowest BCUT2D eigenvalue weighted by molar-refractivity contribution is -0.659. The Bertz CT molecular complexity index is 1740. The second-order valence-electron chi connectivity index (χ2n) is 12.4. The van der Waals surface area contributed by atoms with Crippen LogP contribution in [0.2, 0.25) is 0 Å². The summed E-state index contributed by atoms with van der Waals surface area (Å²) in [4.78, 5) is 2.58. The molecule has 5 aromatic rings. The van der Waals surface area contributed by atoms with E-state index in [1.807, 2.05) is 17.8 Å². The van der Waals surface area contributed by atoms with E-state index in [9.17, 15) is 4.39 Å². The molecule has 37 heavy (non-hydrogen) atoms. The predicted molar refractivity (Wildman–Crippen MR) is 156 cm³/mol. The Balaban J connectivity index is 1.76. The molecule has 1 aliphatic rings. The van der Waals surface area contributed by atoms with Gasteiger partial charge in [-0.25, -0.2) is 8.96 Å². The number of fused-ring (bicyclic) bond motifs is 5. The van der Waals surface area contributed by atoms with Gasteiger partial charge in [-0.15, -0.1) is 0 Å². The molecule has 0 spiro atoms. The van der Waals surface area contributed by atoms with Gasteiger partial charge in [-0.05, 0) is 87.5 Å². The van der Waals surface area contributed by atoms with E-state index in [1.165, 1.54) is 59.3 Å². The second kappa shape index (κ2) is 8.56. The van der Waals surface area contributed by atoms with Gasteiger partial charge in [0.1, 0.15) is 12.9 Å². The monoisotopic (exact) mass is 508 g/mol. The number of aryl methyl sites for hydroxylation is 2. The van der Waals surface area contributed by atoms with E-state index < -0.39 is 0 Å². The third kappa shape index (κ3) is 4.03. The van der Waals surface area contributed by atoms with Crippen molar-refractivity contribution in [3.8, 4) is 11.3 Å². The molecule has 1 aliphatic heterocycles. The molecule has 0 atom stereocenters. The Labute approximate surface area is 223 Å². The highest BCUT2D eigenvalue weighted by Gasteiger charge is 2.33. The zero-order chi connectivity index (χ0) is 26.2. The van der Waals surface area contributed by atoms with Crippen molar-refractivity contribution in [3.05, 3.63) is 77.2 Å². The van der Waals surface area contributed by atoms with Gasteiger partial charge in [0.25, 0.3) is 0 Å². The van der Waals surface area contributed by atoms with E-state index in [0.717, 1.165) is 23.6 Å². The van der Waals surface area contributed by atoms with Crippen LogP contribution >= 0.6 is 11.8 Å². The first-order valence-corrected chi connectivity index (χ1v) is 14.1. The summed E-state index contributed by atoms with van der Waals surface area (Å²) in [5.74, 6) is 0.436. The minimum Gasteiger partial charge on any atom is -0.207 e. The lowest BCUT2D eigenvalue weighted by Gasteiger charge is -2.28. The molecular weight excluding hydrogens is 473 g/mol. The maximum absolute atomic E-state index is 14.2. The first-order chi connectivity index (χ1) is 17.5. The predicted octanol–water partition coefficient (Wildman–Crippen LogP) is 9.34. The summed E-state index contributed by atoms with van der Waals surface area (Å²) in [6, 6.07) is 16.7. The minimum atomic E-state index is -0.186. The number of nitrogens with zero attached hydrogens (tertiary/aromatic N) is 1. The first kappa shape index (κ1) is 24.4. The minimum absolute atomic E-state index is 0.147. The van der Waals surface area contributed by atoms with Gasteiger partial charge < -0.3 is 0 Å². The number of aromatic nitrogens is 1. The van der Waals surface area contributed by atoms with Crippen molar-refractivity contribution in [2.24, 2.45) is 18.4 Å². The van der Waals surface area contributed by atoms with Gasteiger partial charge >= 0.3 is 0 Å². The molecule has 0 radical (unpaired) electrons. The van der Waals surface area contributed by atoms with E-state index in [1.54, 1.807) is 12.1 Å². The SMILES string of the molecule is Cc1c2c(c(CC(C)(C)C)c3ccc(CC(C)C)cc13)Sc1cc3cc(F)ccc3c3cc[n+](C)c-2c13. The Morgan fingerprint density at radius 3 is 2.41 bits per heavy atom. The summed E-state index contributed by atoms with van der Waals surface area (Å²) in [6.45, 7) is 13.9. The molecular formula is C34H35FNS+. The standard InChI is InChI=1S/C34H35FNS/c1-19(2)14-21-8-10-25-27(15-21)20(3)30-32-31-26(12-13-36(32)7)24-11-9-23(35)16-22(24)17-29(31)37-33(30)28(25)18-34(4,5)6/h8-13,15-17,19H,14,18H2,1-7H3/q+1. The van der Waals surface area contributed by atoms with Crippen LogP contribution in [0.15, 0.2) is 64.5 Å². The summed E-state index contributed by atoms with van der Waals surface area (Å²) >= 11 is 1.88. The lowest BCUT2D eigenvalue weighted by atomic mass is 9.82. The van der Waals surface area contributed by atoms with Crippen molar-refractivity contribution in [3.63, 3.8) is 0 Å². The highest BCUT2D eigenvalue weighted by molar-refractivity contribution is 8.00. The number of halogens is 1. The third-order valence-corrected chi connectivity index (χ3v) is 8.85. The second-order valence-corrected chi connectivity index (χ2v) is 13.5. The van der Waals surface area contributed by atoms with E-state index in [2.05, 4.69) is 89.7 Å². The van der Waals surface area contributed by atoms with Gasteiger partial charge in [0, 0.05) is 21.2 Å². The maximum Gasteiger partial charge on any atom is 0.222 e. The summed E-state index contributed by atoms with van der Waals surface area (Å²) in [5.41, 5.74) is 6.98. The summed E-state index contributed by atoms with van der Waals surface area (Å²) in [7, 11) is 2.16. The molecule has 6 rings (SSSR count). The van der Waals surface area contributed by atoms with Crippen molar-refractivity contribution in [2.45, 2.75) is 64.2 Å². The van der Waals surface area contributed by atoms with Gasteiger partial charge in [0.2, 0.25) is 5.69 Å². The van der Waals surface area contributed by atoms with Crippen LogP contribution in [0.25, 0.3) is 43.6 Å². The fourth-order valence-corrected chi connectivity index (χ4v) is 7.54. The van der Waals surface area contributed by atoms with E-state index >= 15 is 0 Å². The number of rotatable bonds is 3. The number of pyridine rings is 1. The van der Waals surface area contributed by atoms with Crippen molar-refractivity contribution < 1.29 is 8.96 Å². The van der Waals surface area contributed by atoms with Crippen molar-refractivity contribution in [1.29, 1.82) is 0 Å². The van der Waals surface area contributed by atoms with Crippen LogP contribution in [0.3, 0.4) is 0 Å². The Morgan fingerprint density at radius 1 is 0.919 bits per heavy atom. The summed E-state index contributed by atoms with van der Waals surface area (Å²) < 4.78 is 16.5. The molecule has 0 saturated heterocycles. The molecule has 0 fully saturated rings. The van der Waals surface area contributed by atoms with Crippen LogP contribution in [0.1, 0.15) is 51.3 Å². The molecule has 0 amide bonds. The molecule has 0 unspecified atom stereocenters. The molecule has 4 aromatic carbocycles. The average molecular weight is 509 g/mol. The molecule has 0 bridgehead atoms. The van der Waals surface area contributed by atoms with Crippen LogP contribution in [0.4, 0.5) is 4.39 Å². The van der Waals surface area contributed by atoms with Gasteiger partial charge in [-0.1, -0.05) is 70.6 Å². The molecule has 1 nitrogen and oxygen atoms in total. The van der Waals surface area contributed by atoms with Gasteiger partial charge in [0.05, 0.1) is 10.9 Å². The quantitative estimate of drug-likeness (QED) is 0.170. The summed E-state index contributed by atoms with van der Waals surface area (Å²) in [5, 5.41) is 7.30. The zero-order valence-electron chi connectivity index (χ0n) is 22.9. The van der Waals surface area contributed by atoms with Crippen LogP contribution < -0.4 is 4.57 Å². The molecule has 3 heteroatoms. The number of hydrogen-bond acceptors (Lipinski definition) is 1. The molecule has 0 N–H and O–H groups in total. The largest absolute Gasteiger partial charge is 0.222 e. The molecule has 1 aromatic heterocycles. The molecule has 0 aliphatic carbocycles. The molecule has 188 valence electrons. The van der Waals surface area contributed by atoms with Crippen LogP contribution in [0.5, 0.6) is 0 Å². The fourth-order valence-electron chi connectivity index (χ4n) is 6.17. The maximum atomic E-state index is 14.2. The van der Waals surface area contributed by atoms with Gasteiger partial charge in [-0.3, -0.25) is 0 Å². The number of hydrogen-bond donors (Lipinski definition) is 0. The van der Waals surface area contributed by atoms with Crippen LogP contribution in [-0.2, 0) is 19.9 Å². The average Bonchev–Trinajstić information content (AvgIpc) is 2.81. The normalized spacial score (nSPS) is 13.2. The topological polar surface area (TPSA) is 3.88 Å². The van der Waals surface area contributed by atoms with Crippen molar-refractivity contribution >= 4 is 44.1 Å². The summed E-state index contributed by atoms with van der Waals surface area (Å²) in [6.07, 6.45) is 4.26. The Kier molecular flexibility index (Phi) is 5.65. The highest BCUT2D eigenvalue weighted by Crippen LogP contribution is 2.53. The van der Waals surface area contributed by atoms with Crippen molar-refractivity contribution in [2.75, 3.05) is 0 Å². The first-order valence-electron chi connectivity index (χ1n) is 13.3. The number of benzene rings is 4. The Hall–Kier alpha value is -2.91. The Morgan fingerprint density at radius 2 is 1.68 bits per heavy atom. The van der Waals surface area contributed by atoms with Gasteiger partial charge in [-0.2, -0.15) is 0 Å². The van der Waals surface area contributed by atoms with E-state index in [4.69, 9.17) is 0 Å². The van der Waals surface area contributed by atoms with E-state index in [0.29, 0.717) is 5.92 Å². The smallest absolute Gasteiger partial charge is 0.207 e. The van der Waals surface area contributed by atoms with Crippen molar-refractivity contribution in [1.82, 2.24) is 0 Å². The lowest BCUT2D eigenvalue weighted by Crippen LogP contribution is -2.32. The molecule has 2 heterocycles. The van der Waals surface area contributed by atoms with Crippen LogP contribution in [0, 0.1) is 24.1 Å². The van der Waals surface area contributed by atoms with Gasteiger partial charge in [0.15, 0.2) is 6.20 Å². The van der Waals surface area contributed by atoms with Crippen LogP contribution in [-0.4, -0.2) is 0 Å². The van der Waals surface area contributed by atoms with E-state index in [-0.39, 0.29) is 11.2 Å². The molecule has 0 saturated carbocycles. The third-order valence-electron chi connectivity index (χ3n) is 7.65. The highest BCUT2D eigenvalue weighted by atomic mass is 32.2. The fraction of sp³-hybridized carbons (Fsp3) is 0.324. The zero-order valence-corrected chi connectivity index (χ0v) is 23.7.